The summed E-state index contributed by atoms with van der Waals surface area (Å²) < 4.78 is 41.2. The number of likely N-dealkylation sites (tertiary alicyclic amines) is 1. The summed E-state index contributed by atoms with van der Waals surface area (Å²) in [4.78, 5) is 1.77. The average Bonchev–Trinajstić information content (AvgIpc) is 2.85. The van der Waals surface area contributed by atoms with Crippen molar-refractivity contribution in [2.24, 2.45) is 0 Å². The van der Waals surface area contributed by atoms with Crippen molar-refractivity contribution < 1.29 is 12.8 Å². The van der Waals surface area contributed by atoms with E-state index in [0.29, 0.717) is 11.0 Å². The highest BCUT2D eigenvalue weighted by Gasteiger charge is 2.24. The molecule has 1 aromatic carbocycles. The maximum absolute atomic E-state index is 13.9. The van der Waals surface area contributed by atoms with Gasteiger partial charge in [-0.05, 0) is 60.9 Å². The molecule has 1 aromatic rings. The van der Waals surface area contributed by atoms with Crippen LogP contribution < -0.4 is 10.5 Å². The molecule has 0 bridgehead atoms. The fourth-order valence-electron chi connectivity index (χ4n) is 2.47. The lowest BCUT2D eigenvalue weighted by Gasteiger charge is -2.21. The molecule has 1 atom stereocenters. The molecule has 0 amide bonds. The molecule has 2 rings (SSSR count). The molecular weight excluding hydrogens is 361 g/mol. The van der Waals surface area contributed by atoms with Crippen molar-refractivity contribution >= 4 is 31.6 Å². The van der Waals surface area contributed by atoms with Crippen LogP contribution in [0.5, 0.6) is 0 Å². The first-order valence-electron chi connectivity index (χ1n) is 6.79. The van der Waals surface area contributed by atoms with Crippen molar-refractivity contribution in [2.75, 3.05) is 25.4 Å². The molecule has 1 aliphatic heterocycles. The number of rotatable bonds is 5. The molecule has 8 heteroatoms. The zero-order valence-corrected chi connectivity index (χ0v) is 14.2. The Labute approximate surface area is 132 Å². The van der Waals surface area contributed by atoms with E-state index in [1.54, 1.807) is 6.92 Å². The average molecular weight is 380 g/mol. The SMILES string of the molecule is CC(CN1CCCC1)NS(=O)(=O)c1cc(N)c(Br)cc1F. The third kappa shape index (κ3) is 4.15. The van der Waals surface area contributed by atoms with Crippen LogP contribution in [0.4, 0.5) is 10.1 Å². The molecule has 118 valence electrons. The van der Waals surface area contributed by atoms with E-state index in [-0.39, 0.29) is 11.7 Å². The van der Waals surface area contributed by atoms with Crippen LogP contribution in [0.25, 0.3) is 0 Å². The van der Waals surface area contributed by atoms with Gasteiger partial charge in [0, 0.05) is 22.7 Å². The number of nitrogens with one attached hydrogen (secondary N) is 1. The second-order valence-corrected chi connectivity index (χ2v) is 7.87. The fourth-order valence-corrected chi connectivity index (χ4v) is 4.11. The summed E-state index contributed by atoms with van der Waals surface area (Å²) in [6.07, 6.45) is 2.27. The molecule has 0 saturated carbocycles. The Bertz CT molecular complexity index is 618. The highest BCUT2D eigenvalue weighted by atomic mass is 79.9. The molecule has 0 aliphatic carbocycles. The normalized spacial score (nSPS) is 18.0. The van der Waals surface area contributed by atoms with Crippen LogP contribution in [-0.2, 0) is 10.0 Å². The summed E-state index contributed by atoms with van der Waals surface area (Å²) in [7, 11) is -3.92. The highest BCUT2D eigenvalue weighted by Crippen LogP contribution is 2.26. The van der Waals surface area contributed by atoms with E-state index in [4.69, 9.17) is 5.73 Å². The Morgan fingerprint density at radius 2 is 2.05 bits per heavy atom. The van der Waals surface area contributed by atoms with Crippen molar-refractivity contribution in [1.29, 1.82) is 0 Å². The molecule has 0 radical (unpaired) electrons. The van der Waals surface area contributed by atoms with E-state index < -0.39 is 20.7 Å². The maximum Gasteiger partial charge on any atom is 0.243 e. The third-order valence-corrected chi connectivity index (χ3v) is 5.72. The van der Waals surface area contributed by atoms with Gasteiger partial charge in [-0.15, -0.1) is 0 Å². The smallest absolute Gasteiger partial charge is 0.243 e. The minimum atomic E-state index is -3.92. The lowest BCUT2D eigenvalue weighted by molar-refractivity contribution is 0.312. The molecule has 1 saturated heterocycles. The number of halogens is 2. The Morgan fingerprint density at radius 1 is 1.43 bits per heavy atom. The Balaban J connectivity index is 2.12. The number of benzene rings is 1. The van der Waals surface area contributed by atoms with E-state index in [1.165, 1.54) is 0 Å². The molecule has 0 aromatic heterocycles. The molecule has 21 heavy (non-hydrogen) atoms. The van der Waals surface area contributed by atoms with Gasteiger partial charge in [0.05, 0.1) is 0 Å². The van der Waals surface area contributed by atoms with E-state index >= 15 is 0 Å². The number of nitrogens with zero attached hydrogens (tertiary/aromatic N) is 1. The fraction of sp³-hybridized carbons (Fsp3) is 0.538. The summed E-state index contributed by atoms with van der Waals surface area (Å²) >= 11 is 3.07. The summed E-state index contributed by atoms with van der Waals surface area (Å²) in [5.74, 6) is -0.822. The number of anilines is 1. The van der Waals surface area contributed by atoms with Gasteiger partial charge in [-0.25, -0.2) is 17.5 Å². The van der Waals surface area contributed by atoms with Crippen LogP contribution in [-0.4, -0.2) is 39.0 Å². The van der Waals surface area contributed by atoms with Gasteiger partial charge < -0.3 is 10.6 Å². The zero-order chi connectivity index (χ0) is 15.6. The van der Waals surface area contributed by atoms with E-state index in [0.717, 1.165) is 38.1 Å². The van der Waals surface area contributed by atoms with Gasteiger partial charge in [0.15, 0.2) is 0 Å². The molecule has 1 heterocycles. The van der Waals surface area contributed by atoms with Crippen LogP contribution in [0.2, 0.25) is 0 Å². The van der Waals surface area contributed by atoms with Crippen molar-refractivity contribution in [1.82, 2.24) is 9.62 Å². The van der Waals surface area contributed by atoms with Gasteiger partial charge >= 0.3 is 0 Å². The van der Waals surface area contributed by atoms with E-state index in [9.17, 15) is 12.8 Å². The van der Waals surface area contributed by atoms with Gasteiger partial charge in [0.1, 0.15) is 10.7 Å². The van der Waals surface area contributed by atoms with E-state index in [1.807, 2.05) is 0 Å². The third-order valence-electron chi connectivity index (χ3n) is 3.43. The maximum atomic E-state index is 13.9. The van der Waals surface area contributed by atoms with Gasteiger partial charge in [-0.2, -0.15) is 0 Å². The predicted octanol–water partition coefficient (Wildman–Crippen LogP) is 1.93. The van der Waals surface area contributed by atoms with Crippen LogP contribution >= 0.6 is 15.9 Å². The van der Waals surface area contributed by atoms with E-state index in [2.05, 4.69) is 25.6 Å². The number of hydrogen-bond acceptors (Lipinski definition) is 4. The Hall–Kier alpha value is -0.700. The first-order valence-corrected chi connectivity index (χ1v) is 9.06. The minimum Gasteiger partial charge on any atom is -0.398 e. The van der Waals surface area contributed by atoms with Gasteiger partial charge in [-0.1, -0.05) is 0 Å². The van der Waals surface area contributed by atoms with Gasteiger partial charge in [0.25, 0.3) is 0 Å². The van der Waals surface area contributed by atoms with Gasteiger partial charge in [-0.3, -0.25) is 0 Å². The van der Waals surface area contributed by atoms with Crippen molar-refractivity contribution in [3.05, 3.63) is 22.4 Å². The summed E-state index contributed by atoms with van der Waals surface area (Å²) in [5, 5.41) is 0. The molecule has 5 nitrogen and oxygen atoms in total. The number of nitrogen functional groups attached to an aromatic ring is 1. The van der Waals surface area contributed by atoms with Crippen LogP contribution in [0.1, 0.15) is 19.8 Å². The molecule has 1 unspecified atom stereocenters. The number of sulfonamides is 1. The molecule has 1 aliphatic rings. The lowest BCUT2D eigenvalue weighted by atomic mass is 10.3. The topological polar surface area (TPSA) is 75.4 Å². The van der Waals surface area contributed by atoms with Crippen molar-refractivity contribution in [3.8, 4) is 0 Å². The standard InChI is InChI=1S/C13H19BrFN3O2S/c1-9(8-18-4-2-3-5-18)17-21(19,20)13-7-12(16)10(14)6-11(13)15/h6-7,9,17H,2-5,8,16H2,1H3. The first-order chi connectivity index (χ1) is 9.79. The highest BCUT2D eigenvalue weighted by molar-refractivity contribution is 9.10. The van der Waals surface area contributed by atoms with Crippen molar-refractivity contribution in [3.63, 3.8) is 0 Å². The quantitative estimate of drug-likeness (QED) is 0.766. The summed E-state index contributed by atoms with van der Waals surface area (Å²) in [6, 6.07) is 1.90. The lowest BCUT2D eigenvalue weighted by Crippen LogP contribution is -2.41. The Morgan fingerprint density at radius 3 is 2.67 bits per heavy atom. The molecule has 0 spiro atoms. The molecule has 3 N–H and O–H groups in total. The zero-order valence-electron chi connectivity index (χ0n) is 11.8. The van der Waals surface area contributed by atoms with Crippen molar-refractivity contribution in [2.45, 2.75) is 30.7 Å². The minimum absolute atomic E-state index is 0.184. The summed E-state index contributed by atoms with van der Waals surface area (Å²) in [5.41, 5.74) is 5.82. The number of hydrogen-bond donors (Lipinski definition) is 2. The predicted molar refractivity (Wildman–Crippen MR) is 84.0 cm³/mol. The monoisotopic (exact) mass is 379 g/mol. The molecule has 1 fully saturated rings. The second-order valence-electron chi connectivity index (χ2n) is 5.33. The van der Waals surface area contributed by atoms with Crippen LogP contribution in [0.3, 0.4) is 0 Å². The molecular formula is C13H19BrFN3O2S. The number of nitrogens with two attached hydrogens (primary N) is 1. The van der Waals surface area contributed by atoms with Crippen LogP contribution in [0, 0.1) is 5.82 Å². The largest absolute Gasteiger partial charge is 0.398 e. The van der Waals surface area contributed by atoms with Crippen LogP contribution in [0.15, 0.2) is 21.5 Å². The summed E-state index contributed by atoms with van der Waals surface area (Å²) in [6.45, 7) is 4.35. The Kier molecular flexibility index (Phi) is 5.24. The first kappa shape index (κ1) is 16.7. The second kappa shape index (κ2) is 6.60. The van der Waals surface area contributed by atoms with Gasteiger partial charge in [0.2, 0.25) is 10.0 Å².